The number of nitrogens with one attached hydrogen (secondary N) is 1. The first kappa shape index (κ1) is 12.4. The zero-order chi connectivity index (χ0) is 11.6. The van der Waals surface area contributed by atoms with Crippen LogP contribution in [0.25, 0.3) is 0 Å². The van der Waals surface area contributed by atoms with Crippen LogP contribution in [0.15, 0.2) is 11.5 Å². The predicted octanol–water partition coefficient (Wildman–Crippen LogP) is 3.15. The Morgan fingerprint density at radius 2 is 1.67 bits per heavy atom. The largest absolute Gasteiger partial charge is 0.491 e. The number of hydrogen-bond acceptors (Lipinski definition) is 2. The average Bonchev–Trinajstić information content (AvgIpc) is 2.16. The van der Waals surface area contributed by atoms with E-state index in [0.717, 1.165) is 12.3 Å². The lowest BCUT2D eigenvalue weighted by Gasteiger charge is -2.35. The maximum Gasteiger partial charge on any atom is 0.118 e. The van der Waals surface area contributed by atoms with E-state index in [0.29, 0.717) is 23.9 Å². The van der Waals surface area contributed by atoms with Gasteiger partial charge in [0.15, 0.2) is 0 Å². The molecule has 2 heteroatoms. The van der Waals surface area contributed by atoms with Gasteiger partial charge in [-0.3, -0.25) is 0 Å². The van der Waals surface area contributed by atoms with Crippen LogP contribution in [0.1, 0.15) is 41.5 Å². The molecule has 1 aliphatic rings. The van der Waals surface area contributed by atoms with Crippen molar-refractivity contribution in [1.29, 1.82) is 0 Å². The summed E-state index contributed by atoms with van der Waals surface area (Å²) in [5, 5.41) is 3.54. The first-order valence-electron chi connectivity index (χ1n) is 6.08. The molecule has 1 aliphatic heterocycles. The van der Waals surface area contributed by atoms with Crippen LogP contribution in [0, 0.1) is 17.8 Å². The Bertz CT molecular complexity index is 241. The highest BCUT2D eigenvalue weighted by Crippen LogP contribution is 2.27. The van der Waals surface area contributed by atoms with Crippen molar-refractivity contribution < 1.29 is 4.74 Å². The van der Waals surface area contributed by atoms with Crippen LogP contribution in [0.3, 0.4) is 0 Å². The quantitative estimate of drug-likeness (QED) is 0.774. The summed E-state index contributed by atoms with van der Waals surface area (Å²) in [5.41, 5.74) is 1.29. The minimum atomic E-state index is 0.324. The highest BCUT2D eigenvalue weighted by atomic mass is 16.5. The van der Waals surface area contributed by atoms with Crippen molar-refractivity contribution >= 4 is 0 Å². The van der Waals surface area contributed by atoms with Gasteiger partial charge < -0.3 is 10.1 Å². The van der Waals surface area contributed by atoms with Gasteiger partial charge in [0.25, 0.3) is 0 Å². The van der Waals surface area contributed by atoms with Crippen LogP contribution >= 0.6 is 0 Å². The molecule has 0 saturated carbocycles. The maximum absolute atomic E-state index is 6.10. The van der Waals surface area contributed by atoms with Crippen molar-refractivity contribution in [1.82, 2.24) is 5.32 Å². The average molecular weight is 211 g/mol. The molecular weight excluding hydrogens is 186 g/mol. The summed E-state index contributed by atoms with van der Waals surface area (Å²) in [6.45, 7) is 14.2. The van der Waals surface area contributed by atoms with E-state index in [2.05, 4.69) is 46.9 Å². The Balaban J connectivity index is 2.86. The Morgan fingerprint density at radius 3 is 2.07 bits per heavy atom. The molecule has 0 aromatic rings. The van der Waals surface area contributed by atoms with Gasteiger partial charge in [0, 0.05) is 5.92 Å². The van der Waals surface area contributed by atoms with Crippen molar-refractivity contribution in [2.24, 2.45) is 17.8 Å². The summed E-state index contributed by atoms with van der Waals surface area (Å²) in [5.74, 6) is 2.72. The molecule has 2 nitrogen and oxygen atoms in total. The molecule has 0 radical (unpaired) electrons. The molecule has 1 N–H and O–H groups in total. The molecule has 0 spiro atoms. The second-order valence-electron chi connectivity index (χ2n) is 5.37. The number of allylic oxidation sites excluding steroid dienone is 2. The standard InChI is InChI=1S/C13H25NO/c1-8(2)11-7-14-12(9(3)4)13(15-11)10(5)6/h8-11,14H,7H2,1-6H3. The molecule has 0 fully saturated rings. The second-order valence-corrected chi connectivity index (χ2v) is 5.37. The molecule has 88 valence electrons. The van der Waals surface area contributed by atoms with Crippen molar-refractivity contribution in [3.8, 4) is 0 Å². The van der Waals surface area contributed by atoms with Crippen LogP contribution in [-0.2, 0) is 4.74 Å². The van der Waals surface area contributed by atoms with Crippen molar-refractivity contribution in [3.05, 3.63) is 11.5 Å². The topological polar surface area (TPSA) is 21.3 Å². The first-order valence-corrected chi connectivity index (χ1v) is 6.08. The Labute approximate surface area is 94.1 Å². The van der Waals surface area contributed by atoms with E-state index in [1.54, 1.807) is 0 Å². The van der Waals surface area contributed by atoms with E-state index < -0.39 is 0 Å². The third-order valence-electron chi connectivity index (χ3n) is 2.88. The molecule has 1 heterocycles. The molecule has 0 amide bonds. The van der Waals surface area contributed by atoms with E-state index in [9.17, 15) is 0 Å². The summed E-state index contributed by atoms with van der Waals surface area (Å²) in [4.78, 5) is 0. The van der Waals surface area contributed by atoms with Gasteiger partial charge in [-0.05, 0) is 11.8 Å². The summed E-state index contributed by atoms with van der Waals surface area (Å²) >= 11 is 0. The van der Waals surface area contributed by atoms with Gasteiger partial charge >= 0.3 is 0 Å². The van der Waals surface area contributed by atoms with Crippen LogP contribution in [0.4, 0.5) is 0 Å². The third-order valence-corrected chi connectivity index (χ3v) is 2.88. The summed E-state index contributed by atoms with van der Waals surface area (Å²) in [6.07, 6.45) is 0.324. The maximum atomic E-state index is 6.10. The van der Waals surface area contributed by atoms with Crippen LogP contribution < -0.4 is 5.32 Å². The Hall–Kier alpha value is -0.660. The monoisotopic (exact) mass is 211 g/mol. The normalized spacial score (nSPS) is 22.3. The van der Waals surface area contributed by atoms with Gasteiger partial charge in [-0.1, -0.05) is 41.5 Å². The molecule has 15 heavy (non-hydrogen) atoms. The molecule has 1 atom stereocenters. The molecule has 0 aromatic carbocycles. The fourth-order valence-corrected chi connectivity index (χ4v) is 1.87. The molecule has 0 aromatic heterocycles. The lowest BCUT2D eigenvalue weighted by Crippen LogP contribution is -2.40. The van der Waals surface area contributed by atoms with Gasteiger partial charge in [-0.15, -0.1) is 0 Å². The van der Waals surface area contributed by atoms with Crippen molar-refractivity contribution in [2.45, 2.75) is 47.6 Å². The zero-order valence-corrected chi connectivity index (χ0v) is 10.9. The third kappa shape index (κ3) is 2.90. The predicted molar refractivity (Wildman–Crippen MR) is 64.4 cm³/mol. The minimum Gasteiger partial charge on any atom is -0.491 e. The summed E-state index contributed by atoms with van der Waals surface area (Å²) in [6, 6.07) is 0. The minimum absolute atomic E-state index is 0.324. The zero-order valence-electron chi connectivity index (χ0n) is 10.9. The molecule has 0 saturated heterocycles. The highest BCUT2D eigenvalue weighted by Gasteiger charge is 2.26. The second kappa shape index (κ2) is 4.91. The fraction of sp³-hybridized carbons (Fsp3) is 0.846. The lowest BCUT2D eigenvalue weighted by molar-refractivity contribution is 0.0428. The fourth-order valence-electron chi connectivity index (χ4n) is 1.87. The van der Waals surface area contributed by atoms with E-state index in [-0.39, 0.29) is 0 Å². The van der Waals surface area contributed by atoms with E-state index >= 15 is 0 Å². The molecule has 0 bridgehead atoms. The van der Waals surface area contributed by atoms with Crippen molar-refractivity contribution in [3.63, 3.8) is 0 Å². The van der Waals surface area contributed by atoms with Crippen molar-refractivity contribution in [2.75, 3.05) is 6.54 Å². The highest BCUT2D eigenvalue weighted by molar-refractivity contribution is 5.14. The van der Waals surface area contributed by atoms with E-state index in [1.165, 1.54) is 5.70 Å². The van der Waals surface area contributed by atoms with Crippen LogP contribution in [-0.4, -0.2) is 12.6 Å². The molecule has 1 rings (SSSR count). The van der Waals surface area contributed by atoms with Gasteiger partial charge in [-0.25, -0.2) is 0 Å². The van der Waals surface area contributed by atoms with E-state index in [1.807, 2.05) is 0 Å². The van der Waals surface area contributed by atoms with Gasteiger partial charge in [0.2, 0.25) is 0 Å². The first-order chi connectivity index (χ1) is 6.93. The van der Waals surface area contributed by atoms with E-state index in [4.69, 9.17) is 4.74 Å². The Morgan fingerprint density at radius 1 is 1.07 bits per heavy atom. The summed E-state index contributed by atoms with van der Waals surface area (Å²) < 4.78 is 6.10. The lowest BCUT2D eigenvalue weighted by atomic mass is 9.98. The van der Waals surface area contributed by atoms with Gasteiger partial charge in [-0.2, -0.15) is 0 Å². The molecule has 0 aliphatic carbocycles. The SMILES string of the molecule is CC(C)C1=C(C(C)C)OC(C(C)C)CN1. The van der Waals surface area contributed by atoms with Gasteiger partial charge in [0.05, 0.1) is 12.2 Å². The summed E-state index contributed by atoms with van der Waals surface area (Å²) in [7, 11) is 0. The smallest absolute Gasteiger partial charge is 0.118 e. The Kier molecular flexibility index (Phi) is 4.06. The van der Waals surface area contributed by atoms with Gasteiger partial charge in [0.1, 0.15) is 11.9 Å². The number of hydrogen-bond donors (Lipinski definition) is 1. The van der Waals surface area contributed by atoms with Crippen LogP contribution in [0.2, 0.25) is 0 Å². The molecule has 1 unspecified atom stereocenters. The number of rotatable bonds is 3. The van der Waals surface area contributed by atoms with Crippen LogP contribution in [0.5, 0.6) is 0 Å². The number of ether oxygens (including phenoxy) is 1. The molecular formula is C13H25NO.